The van der Waals surface area contributed by atoms with E-state index in [0.717, 1.165) is 21.9 Å². The number of thiazole rings is 1. The molecular formula is C23H23N3O5S2. The van der Waals surface area contributed by atoms with Crippen LogP contribution in [-0.4, -0.2) is 40.2 Å². The number of thioether (sulfide) groups is 1. The Kier molecular flexibility index (Phi) is 8.45. The van der Waals surface area contributed by atoms with Crippen molar-refractivity contribution in [1.29, 1.82) is 0 Å². The van der Waals surface area contributed by atoms with E-state index in [-0.39, 0.29) is 24.7 Å². The maximum Gasteiger partial charge on any atom is 0.303 e. The van der Waals surface area contributed by atoms with Gasteiger partial charge in [-0.25, -0.2) is 4.98 Å². The highest BCUT2D eigenvalue weighted by Gasteiger charge is 2.17. The number of nitrogens with one attached hydrogen (secondary N) is 2. The molecular weight excluding hydrogens is 462 g/mol. The van der Waals surface area contributed by atoms with Gasteiger partial charge in [-0.15, -0.1) is 23.1 Å². The molecule has 172 valence electrons. The molecule has 3 aromatic rings. The van der Waals surface area contributed by atoms with Gasteiger partial charge in [0, 0.05) is 27.9 Å². The van der Waals surface area contributed by atoms with Crippen molar-refractivity contribution in [2.24, 2.45) is 0 Å². The van der Waals surface area contributed by atoms with Crippen molar-refractivity contribution >= 4 is 51.7 Å². The zero-order chi connectivity index (χ0) is 23.8. The lowest BCUT2D eigenvalue weighted by Crippen LogP contribution is -2.22. The van der Waals surface area contributed by atoms with Crippen LogP contribution >= 0.6 is 23.1 Å². The predicted octanol–water partition coefficient (Wildman–Crippen LogP) is 4.74. The molecule has 0 aliphatic rings. The zero-order valence-electron chi connectivity index (χ0n) is 18.0. The Bertz CT molecular complexity index is 1150. The Hall–Kier alpha value is -3.37. The van der Waals surface area contributed by atoms with Gasteiger partial charge in [-0.1, -0.05) is 18.2 Å². The molecule has 0 saturated carbocycles. The van der Waals surface area contributed by atoms with Crippen molar-refractivity contribution in [3.63, 3.8) is 0 Å². The molecule has 3 rings (SSSR count). The van der Waals surface area contributed by atoms with E-state index in [0.29, 0.717) is 10.8 Å². The van der Waals surface area contributed by atoms with Crippen molar-refractivity contribution in [3.05, 3.63) is 53.9 Å². The number of carbonyl (C=O) groups is 3. The first-order valence-electron chi connectivity index (χ1n) is 10.0. The van der Waals surface area contributed by atoms with Crippen molar-refractivity contribution in [1.82, 2.24) is 4.98 Å². The summed E-state index contributed by atoms with van der Waals surface area (Å²) in [5.41, 5.74) is 2.20. The minimum absolute atomic E-state index is 0.100. The molecule has 0 aliphatic heterocycles. The molecule has 8 nitrogen and oxygen atoms in total. The highest BCUT2D eigenvalue weighted by atomic mass is 32.2. The number of benzene rings is 2. The SMILES string of the molecule is COc1cccc(-c2csc(NC(=O)C(C)Sc3cccc(NC(=O)CCC(=O)O)c3)n2)c1. The average Bonchev–Trinajstić information content (AvgIpc) is 3.26. The van der Waals surface area contributed by atoms with E-state index in [2.05, 4.69) is 15.6 Å². The summed E-state index contributed by atoms with van der Waals surface area (Å²) in [4.78, 5) is 40.4. The molecule has 3 N–H and O–H groups in total. The summed E-state index contributed by atoms with van der Waals surface area (Å²) in [7, 11) is 1.61. The van der Waals surface area contributed by atoms with Crippen LogP contribution in [0.5, 0.6) is 5.75 Å². The van der Waals surface area contributed by atoms with Gasteiger partial charge in [-0.3, -0.25) is 14.4 Å². The summed E-state index contributed by atoms with van der Waals surface area (Å²) in [5, 5.41) is 16.2. The number of nitrogens with zero attached hydrogens (tertiary/aromatic N) is 1. The number of aromatic nitrogens is 1. The van der Waals surface area contributed by atoms with Crippen LogP contribution in [0.25, 0.3) is 11.3 Å². The van der Waals surface area contributed by atoms with Gasteiger partial charge in [0.05, 0.1) is 24.5 Å². The fourth-order valence-electron chi connectivity index (χ4n) is 2.80. The van der Waals surface area contributed by atoms with Gasteiger partial charge in [0.25, 0.3) is 0 Å². The molecule has 0 aliphatic carbocycles. The van der Waals surface area contributed by atoms with Gasteiger partial charge in [0.15, 0.2) is 5.13 Å². The van der Waals surface area contributed by atoms with Crippen LogP contribution in [0.4, 0.5) is 10.8 Å². The van der Waals surface area contributed by atoms with Gasteiger partial charge in [-0.05, 0) is 37.3 Å². The number of ether oxygens (including phenoxy) is 1. The second-order valence-electron chi connectivity index (χ2n) is 6.99. The summed E-state index contributed by atoms with van der Waals surface area (Å²) in [6.07, 6.45) is -0.329. The van der Waals surface area contributed by atoms with E-state index in [1.165, 1.54) is 23.1 Å². The summed E-state index contributed by atoms with van der Waals surface area (Å²) < 4.78 is 5.24. The number of hydrogen-bond donors (Lipinski definition) is 3. The number of carbonyl (C=O) groups excluding carboxylic acids is 2. The molecule has 2 amide bonds. The van der Waals surface area contributed by atoms with E-state index >= 15 is 0 Å². The van der Waals surface area contributed by atoms with Crippen LogP contribution in [0, 0.1) is 0 Å². The zero-order valence-corrected chi connectivity index (χ0v) is 19.7. The van der Waals surface area contributed by atoms with Crippen LogP contribution in [-0.2, 0) is 14.4 Å². The van der Waals surface area contributed by atoms with Gasteiger partial charge >= 0.3 is 5.97 Å². The first kappa shape index (κ1) is 24.3. The Morgan fingerprint density at radius 2 is 1.91 bits per heavy atom. The topological polar surface area (TPSA) is 118 Å². The number of carboxylic acids is 1. The predicted molar refractivity (Wildman–Crippen MR) is 130 cm³/mol. The third-order valence-electron chi connectivity index (χ3n) is 4.47. The second-order valence-corrected chi connectivity index (χ2v) is 9.26. The third kappa shape index (κ3) is 7.33. The lowest BCUT2D eigenvalue weighted by Gasteiger charge is -2.12. The Morgan fingerprint density at radius 1 is 1.12 bits per heavy atom. The monoisotopic (exact) mass is 485 g/mol. The minimum atomic E-state index is -1.02. The van der Waals surface area contributed by atoms with Gasteiger partial charge in [0.1, 0.15) is 5.75 Å². The molecule has 0 spiro atoms. The van der Waals surface area contributed by atoms with Crippen molar-refractivity contribution in [3.8, 4) is 17.0 Å². The van der Waals surface area contributed by atoms with Crippen molar-refractivity contribution < 1.29 is 24.2 Å². The smallest absolute Gasteiger partial charge is 0.303 e. The van der Waals surface area contributed by atoms with Crippen LogP contribution in [0.2, 0.25) is 0 Å². The molecule has 10 heteroatoms. The highest BCUT2D eigenvalue weighted by molar-refractivity contribution is 8.00. The Balaban J connectivity index is 1.57. The lowest BCUT2D eigenvalue weighted by atomic mass is 10.2. The number of carboxylic acid groups (broad SMARTS) is 1. The number of anilines is 2. The molecule has 0 fully saturated rings. The first-order valence-corrected chi connectivity index (χ1v) is 11.8. The second kappa shape index (κ2) is 11.5. The average molecular weight is 486 g/mol. The molecule has 1 aromatic heterocycles. The summed E-state index contributed by atoms with van der Waals surface area (Å²) in [6, 6.07) is 14.6. The summed E-state index contributed by atoms with van der Waals surface area (Å²) in [6.45, 7) is 1.79. The largest absolute Gasteiger partial charge is 0.497 e. The van der Waals surface area contributed by atoms with E-state index in [1.54, 1.807) is 32.2 Å². The fraction of sp³-hybridized carbons (Fsp3) is 0.217. The molecule has 0 radical (unpaired) electrons. The Labute approximate surface area is 199 Å². The van der Waals surface area contributed by atoms with E-state index < -0.39 is 11.2 Å². The van der Waals surface area contributed by atoms with E-state index in [1.807, 2.05) is 35.7 Å². The summed E-state index contributed by atoms with van der Waals surface area (Å²) in [5.74, 6) is -0.857. The number of amides is 2. The lowest BCUT2D eigenvalue weighted by molar-refractivity contribution is -0.138. The van der Waals surface area contributed by atoms with Gasteiger partial charge in [0.2, 0.25) is 11.8 Å². The van der Waals surface area contributed by atoms with Crippen molar-refractivity contribution in [2.45, 2.75) is 29.9 Å². The van der Waals surface area contributed by atoms with Crippen LogP contribution < -0.4 is 15.4 Å². The first-order chi connectivity index (χ1) is 15.8. The molecule has 1 heterocycles. The fourth-order valence-corrected chi connectivity index (χ4v) is 4.45. The molecule has 0 saturated heterocycles. The maximum atomic E-state index is 12.7. The molecule has 0 bridgehead atoms. The molecule has 2 aromatic carbocycles. The molecule has 1 unspecified atom stereocenters. The number of rotatable bonds is 10. The minimum Gasteiger partial charge on any atom is -0.497 e. The van der Waals surface area contributed by atoms with E-state index in [4.69, 9.17) is 9.84 Å². The molecule has 33 heavy (non-hydrogen) atoms. The van der Waals surface area contributed by atoms with Crippen LogP contribution in [0.3, 0.4) is 0 Å². The number of hydrogen-bond acceptors (Lipinski definition) is 7. The van der Waals surface area contributed by atoms with Gasteiger partial charge in [-0.2, -0.15) is 0 Å². The normalized spacial score (nSPS) is 11.5. The maximum absolute atomic E-state index is 12.7. The quantitative estimate of drug-likeness (QED) is 0.355. The van der Waals surface area contributed by atoms with Gasteiger partial charge < -0.3 is 20.5 Å². The summed E-state index contributed by atoms with van der Waals surface area (Å²) >= 11 is 2.68. The highest BCUT2D eigenvalue weighted by Crippen LogP contribution is 2.29. The molecule has 1 atom stereocenters. The van der Waals surface area contributed by atoms with Crippen LogP contribution in [0.1, 0.15) is 19.8 Å². The third-order valence-corrected chi connectivity index (χ3v) is 6.32. The van der Waals surface area contributed by atoms with Crippen molar-refractivity contribution in [2.75, 3.05) is 17.7 Å². The Morgan fingerprint density at radius 3 is 2.67 bits per heavy atom. The van der Waals surface area contributed by atoms with Crippen LogP contribution in [0.15, 0.2) is 58.8 Å². The number of aliphatic carboxylic acids is 1. The standard InChI is InChI=1S/C23H23N3O5S2/c1-14(33-18-8-4-6-16(12-18)24-20(27)9-10-21(28)29)22(30)26-23-25-19(13-32-23)15-5-3-7-17(11-15)31-2/h3-8,11-14H,9-10H2,1-2H3,(H,24,27)(H,28,29)(H,25,26,30). The van der Waals surface area contributed by atoms with E-state index in [9.17, 15) is 14.4 Å². The number of methoxy groups -OCH3 is 1.